The minimum atomic E-state index is -0.0942. The molecule has 5 rings (SSSR count). The van der Waals surface area contributed by atoms with Gasteiger partial charge in [-0.25, -0.2) is 0 Å². The van der Waals surface area contributed by atoms with Crippen LogP contribution in [0.2, 0.25) is 0 Å². The summed E-state index contributed by atoms with van der Waals surface area (Å²) in [5.41, 5.74) is 5.98. The highest BCUT2D eigenvalue weighted by Gasteiger charge is 2.32. The molecule has 1 amide bonds. The van der Waals surface area contributed by atoms with E-state index >= 15 is 0 Å². The van der Waals surface area contributed by atoms with Gasteiger partial charge in [0.2, 0.25) is 12.7 Å². The van der Waals surface area contributed by atoms with E-state index in [2.05, 4.69) is 46.7 Å². The first-order valence-corrected chi connectivity index (χ1v) is 8.53. The average Bonchev–Trinajstić information content (AvgIpc) is 3.28. The molecular formula is C20H17N3O3. The van der Waals surface area contributed by atoms with Crippen LogP contribution in [0.3, 0.4) is 0 Å². The van der Waals surface area contributed by atoms with Gasteiger partial charge < -0.3 is 14.8 Å². The fourth-order valence-corrected chi connectivity index (χ4v) is 3.64. The number of rotatable bonds is 2. The molecule has 0 unspecified atom stereocenters. The number of aryl methyl sites for hydroxylation is 1. The minimum Gasteiger partial charge on any atom is -0.454 e. The van der Waals surface area contributed by atoms with E-state index in [9.17, 15) is 4.79 Å². The molecule has 2 aliphatic rings. The molecule has 6 nitrogen and oxygen atoms in total. The highest BCUT2D eigenvalue weighted by atomic mass is 16.7. The number of ether oxygens (including phenoxy) is 2. The van der Waals surface area contributed by atoms with E-state index in [1.54, 1.807) is 0 Å². The van der Waals surface area contributed by atoms with E-state index in [1.807, 2.05) is 18.3 Å². The second-order valence-electron chi connectivity index (χ2n) is 6.66. The smallest absolute Gasteiger partial charge is 0.231 e. The fraction of sp³-hybridized carbons (Fsp3) is 0.200. The van der Waals surface area contributed by atoms with Crippen molar-refractivity contribution in [3.63, 3.8) is 0 Å². The van der Waals surface area contributed by atoms with Crippen molar-refractivity contribution in [3.05, 3.63) is 59.3 Å². The lowest BCUT2D eigenvalue weighted by Gasteiger charge is -2.26. The van der Waals surface area contributed by atoms with Crippen LogP contribution in [0.5, 0.6) is 11.5 Å². The number of nitrogens with one attached hydrogen (secondary N) is 2. The first kappa shape index (κ1) is 15.0. The maximum absolute atomic E-state index is 12.3. The summed E-state index contributed by atoms with van der Waals surface area (Å²) in [7, 11) is 0. The SMILES string of the molecule is Cc1ccc(-c2[nH]ncc2[C@@H]2CC(=O)Nc3cc4c(cc32)OCO4)cc1. The van der Waals surface area contributed by atoms with E-state index in [-0.39, 0.29) is 18.6 Å². The number of H-pyrrole nitrogens is 1. The van der Waals surface area contributed by atoms with Crippen molar-refractivity contribution in [1.82, 2.24) is 10.2 Å². The van der Waals surface area contributed by atoms with Crippen molar-refractivity contribution in [1.29, 1.82) is 0 Å². The first-order chi connectivity index (χ1) is 12.7. The van der Waals surface area contributed by atoms with Crippen LogP contribution in [0.15, 0.2) is 42.6 Å². The van der Waals surface area contributed by atoms with Gasteiger partial charge in [-0.15, -0.1) is 0 Å². The van der Waals surface area contributed by atoms with Gasteiger partial charge in [0.25, 0.3) is 0 Å². The number of amides is 1. The molecule has 6 heteroatoms. The van der Waals surface area contributed by atoms with Crippen LogP contribution in [0, 0.1) is 6.92 Å². The Bertz CT molecular complexity index is 1010. The second kappa shape index (κ2) is 5.62. The molecule has 130 valence electrons. The van der Waals surface area contributed by atoms with Gasteiger partial charge in [0.15, 0.2) is 11.5 Å². The summed E-state index contributed by atoms with van der Waals surface area (Å²) >= 11 is 0. The summed E-state index contributed by atoms with van der Waals surface area (Å²) in [6.45, 7) is 2.26. The molecule has 2 aliphatic heterocycles. The predicted molar refractivity (Wildman–Crippen MR) is 96.4 cm³/mol. The third-order valence-corrected chi connectivity index (χ3v) is 4.97. The van der Waals surface area contributed by atoms with Crippen LogP contribution in [-0.4, -0.2) is 22.9 Å². The molecule has 0 saturated carbocycles. The molecule has 2 aromatic carbocycles. The number of nitrogens with zero attached hydrogens (tertiary/aromatic N) is 1. The molecule has 0 saturated heterocycles. The van der Waals surface area contributed by atoms with Crippen LogP contribution in [0.1, 0.15) is 29.0 Å². The van der Waals surface area contributed by atoms with E-state index in [0.29, 0.717) is 17.9 Å². The number of anilines is 1. The second-order valence-corrected chi connectivity index (χ2v) is 6.66. The summed E-state index contributed by atoms with van der Waals surface area (Å²) in [6, 6.07) is 12.1. The fourth-order valence-electron chi connectivity index (χ4n) is 3.64. The Morgan fingerprint density at radius 2 is 1.85 bits per heavy atom. The van der Waals surface area contributed by atoms with Crippen molar-refractivity contribution in [3.8, 4) is 22.8 Å². The lowest BCUT2D eigenvalue weighted by molar-refractivity contribution is -0.116. The number of carbonyl (C=O) groups is 1. The Balaban J connectivity index is 1.63. The molecule has 3 heterocycles. The standard InChI is InChI=1S/C20H17N3O3/c1-11-2-4-12(5-3-11)20-15(9-21-23-20)13-7-19(24)22-16-8-18-17(6-14(13)16)25-10-26-18/h2-6,8-9,13H,7,10H2,1H3,(H,21,23)(H,22,24)/t13-/m1/s1. The van der Waals surface area contributed by atoms with Gasteiger partial charge in [-0.1, -0.05) is 29.8 Å². The molecule has 1 aromatic heterocycles. The number of aromatic amines is 1. The Morgan fingerprint density at radius 1 is 1.08 bits per heavy atom. The number of aromatic nitrogens is 2. The van der Waals surface area contributed by atoms with Crippen LogP contribution < -0.4 is 14.8 Å². The predicted octanol–water partition coefficient (Wildman–Crippen LogP) is 3.59. The highest BCUT2D eigenvalue weighted by molar-refractivity contribution is 5.96. The van der Waals surface area contributed by atoms with Crippen molar-refractivity contribution in [2.45, 2.75) is 19.3 Å². The van der Waals surface area contributed by atoms with Gasteiger partial charge in [0.1, 0.15) is 0 Å². The molecule has 0 fully saturated rings. The summed E-state index contributed by atoms with van der Waals surface area (Å²) in [4.78, 5) is 12.3. The number of hydrogen-bond acceptors (Lipinski definition) is 4. The summed E-state index contributed by atoms with van der Waals surface area (Å²) in [5, 5.41) is 10.3. The van der Waals surface area contributed by atoms with Gasteiger partial charge >= 0.3 is 0 Å². The molecule has 1 atom stereocenters. The van der Waals surface area contributed by atoms with Crippen LogP contribution in [0.4, 0.5) is 5.69 Å². The van der Waals surface area contributed by atoms with Crippen molar-refractivity contribution in [2.24, 2.45) is 0 Å². The average molecular weight is 347 g/mol. The molecule has 2 N–H and O–H groups in total. The van der Waals surface area contributed by atoms with Crippen molar-refractivity contribution in [2.75, 3.05) is 12.1 Å². The quantitative estimate of drug-likeness (QED) is 0.743. The largest absolute Gasteiger partial charge is 0.454 e. The number of carbonyl (C=O) groups excluding carboxylic acids is 1. The highest BCUT2D eigenvalue weighted by Crippen LogP contribution is 2.46. The summed E-state index contributed by atoms with van der Waals surface area (Å²) in [5.74, 6) is 1.27. The number of fused-ring (bicyclic) bond motifs is 2. The zero-order valence-electron chi connectivity index (χ0n) is 14.2. The molecular weight excluding hydrogens is 330 g/mol. The number of hydrogen-bond donors (Lipinski definition) is 2. The van der Waals surface area contributed by atoms with Gasteiger partial charge in [0, 0.05) is 29.7 Å². The molecule has 0 radical (unpaired) electrons. The summed E-state index contributed by atoms with van der Waals surface area (Å²) < 4.78 is 11.0. The van der Waals surface area contributed by atoms with Crippen LogP contribution in [0.25, 0.3) is 11.3 Å². The molecule has 0 spiro atoms. The van der Waals surface area contributed by atoms with Gasteiger partial charge in [-0.2, -0.15) is 5.10 Å². The van der Waals surface area contributed by atoms with Gasteiger partial charge in [-0.05, 0) is 24.1 Å². The Kier molecular flexibility index (Phi) is 3.25. The topological polar surface area (TPSA) is 76.2 Å². The molecule has 0 bridgehead atoms. The lowest BCUT2D eigenvalue weighted by atomic mass is 9.83. The van der Waals surface area contributed by atoms with E-state index in [1.165, 1.54) is 5.56 Å². The normalized spacial score (nSPS) is 17.7. The molecule has 3 aromatic rings. The van der Waals surface area contributed by atoms with E-state index < -0.39 is 0 Å². The zero-order chi connectivity index (χ0) is 17.7. The van der Waals surface area contributed by atoms with Crippen LogP contribution >= 0.6 is 0 Å². The number of benzene rings is 2. The third kappa shape index (κ3) is 2.34. The Labute approximate surface area is 150 Å². The monoisotopic (exact) mass is 347 g/mol. The van der Waals surface area contributed by atoms with Gasteiger partial charge in [0.05, 0.1) is 11.9 Å². The van der Waals surface area contributed by atoms with E-state index in [0.717, 1.165) is 28.1 Å². The maximum atomic E-state index is 12.3. The minimum absolute atomic E-state index is 0.0163. The first-order valence-electron chi connectivity index (χ1n) is 8.53. The van der Waals surface area contributed by atoms with Gasteiger partial charge in [-0.3, -0.25) is 9.89 Å². The van der Waals surface area contributed by atoms with Crippen molar-refractivity contribution < 1.29 is 14.3 Å². The molecule has 26 heavy (non-hydrogen) atoms. The van der Waals surface area contributed by atoms with E-state index in [4.69, 9.17) is 9.47 Å². The van der Waals surface area contributed by atoms with Crippen molar-refractivity contribution >= 4 is 11.6 Å². The molecule has 0 aliphatic carbocycles. The lowest BCUT2D eigenvalue weighted by Crippen LogP contribution is -2.23. The zero-order valence-corrected chi connectivity index (χ0v) is 14.2. The third-order valence-electron chi connectivity index (χ3n) is 4.97. The van der Waals surface area contributed by atoms with Crippen LogP contribution in [-0.2, 0) is 4.79 Å². The Hall–Kier alpha value is -3.28. The maximum Gasteiger partial charge on any atom is 0.231 e. The Morgan fingerprint density at radius 3 is 2.65 bits per heavy atom. The summed E-state index contributed by atoms with van der Waals surface area (Å²) in [6.07, 6.45) is 2.18.